The minimum absolute atomic E-state index is 0.0730. The number of nitrogens with two attached hydrogens (primary N) is 1. The average molecular weight is 332 g/mol. The number of nitrogens with zero attached hydrogens (tertiary/aromatic N) is 1. The number of carbonyl (C=O) groups is 1. The second kappa shape index (κ2) is 7.01. The summed E-state index contributed by atoms with van der Waals surface area (Å²) in [5.74, 6) is 1.72. The Morgan fingerprint density at radius 2 is 2.08 bits per heavy atom. The van der Waals surface area contributed by atoms with Gasteiger partial charge in [0.1, 0.15) is 5.78 Å². The van der Waals surface area contributed by atoms with E-state index in [-0.39, 0.29) is 12.0 Å². The summed E-state index contributed by atoms with van der Waals surface area (Å²) >= 11 is 0. The van der Waals surface area contributed by atoms with Crippen molar-refractivity contribution in [3.63, 3.8) is 0 Å². The minimum atomic E-state index is 0.0730. The fourth-order valence-corrected chi connectivity index (χ4v) is 4.40. The van der Waals surface area contributed by atoms with Gasteiger partial charge in [0, 0.05) is 24.4 Å². The van der Waals surface area contributed by atoms with Crippen LogP contribution in [-0.4, -0.2) is 37.0 Å². The molecule has 2 N–H and O–H groups in total. The van der Waals surface area contributed by atoms with Crippen LogP contribution in [0.4, 0.5) is 5.69 Å². The number of ketones is 1. The van der Waals surface area contributed by atoms with Gasteiger partial charge in [-0.1, -0.05) is 6.92 Å². The summed E-state index contributed by atoms with van der Waals surface area (Å²) in [5.41, 5.74) is 7.86. The lowest BCUT2D eigenvalue weighted by molar-refractivity contribution is -0.138. The van der Waals surface area contributed by atoms with Crippen LogP contribution in [-0.2, 0) is 4.79 Å². The number of benzene rings is 1. The van der Waals surface area contributed by atoms with E-state index in [1.807, 2.05) is 19.1 Å². The van der Waals surface area contributed by atoms with Crippen LogP contribution in [0.3, 0.4) is 0 Å². The van der Waals surface area contributed by atoms with Gasteiger partial charge in [0.25, 0.3) is 0 Å². The molecular formula is C19H28N2O3. The second-order valence-corrected chi connectivity index (χ2v) is 6.77. The van der Waals surface area contributed by atoms with E-state index in [9.17, 15) is 4.79 Å². The molecule has 4 rings (SSSR count). The van der Waals surface area contributed by atoms with Crippen molar-refractivity contribution in [1.29, 1.82) is 0 Å². The summed E-state index contributed by atoms with van der Waals surface area (Å²) < 4.78 is 11.1. The van der Waals surface area contributed by atoms with Gasteiger partial charge in [-0.2, -0.15) is 0 Å². The maximum atomic E-state index is 12.5. The number of Topliss-reactive ketones (excluding diaryl/α,β-unsaturated/α-hetero) is 1. The van der Waals surface area contributed by atoms with Crippen molar-refractivity contribution < 1.29 is 14.3 Å². The van der Waals surface area contributed by atoms with Crippen molar-refractivity contribution in [2.75, 3.05) is 26.0 Å². The topological polar surface area (TPSA) is 64.8 Å². The summed E-state index contributed by atoms with van der Waals surface area (Å²) in [7, 11) is 1.60. The molecule has 0 aromatic heterocycles. The molecule has 24 heavy (non-hydrogen) atoms. The molecule has 5 heteroatoms. The Labute approximate surface area is 144 Å². The van der Waals surface area contributed by atoms with E-state index in [4.69, 9.17) is 15.2 Å². The van der Waals surface area contributed by atoms with Gasteiger partial charge >= 0.3 is 0 Å². The van der Waals surface area contributed by atoms with Crippen molar-refractivity contribution in [3.05, 3.63) is 17.7 Å². The normalized spacial score (nSPS) is 26.6. The van der Waals surface area contributed by atoms with Crippen LogP contribution in [0.15, 0.2) is 12.1 Å². The molecule has 3 fully saturated rings. The highest BCUT2D eigenvalue weighted by Crippen LogP contribution is 2.48. The maximum Gasteiger partial charge on any atom is 0.183 e. The van der Waals surface area contributed by atoms with Crippen LogP contribution in [0.5, 0.6) is 11.5 Å². The molecule has 2 saturated heterocycles. The molecular weight excluding hydrogens is 304 g/mol. The van der Waals surface area contributed by atoms with Gasteiger partial charge in [-0.3, -0.25) is 9.69 Å². The number of fused-ring (bicyclic) bond motifs is 3. The van der Waals surface area contributed by atoms with E-state index in [1.165, 1.54) is 0 Å². The van der Waals surface area contributed by atoms with E-state index in [0.717, 1.165) is 31.4 Å². The van der Waals surface area contributed by atoms with Gasteiger partial charge in [0.2, 0.25) is 0 Å². The van der Waals surface area contributed by atoms with Crippen LogP contribution in [0, 0.1) is 5.92 Å². The van der Waals surface area contributed by atoms with Crippen LogP contribution in [0.2, 0.25) is 0 Å². The number of anilines is 1. The van der Waals surface area contributed by atoms with Crippen molar-refractivity contribution >= 4 is 11.5 Å². The van der Waals surface area contributed by atoms with Crippen molar-refractivity contribution in [2.45, 2.75) is 51.6 Å². The summed E-state index contributed by atoms with van der Waals surface area (Å²) in [6.07, 6.45) is 3.88. The molecule has 1 aliphatic carbocycles. The summed E-state index contributed by atoms with van der Waals surface area (Å²) in [4.78, 5) is 15.0. The van der Waals surface area contributed by atoms with E-state index in [0.29, 0.717) is 42.0 Å². The standard InChI is InChI=1S/C19H28N2O3/c1-4-8-21-13-6-7-14(16(22)11-13)18(21)12-9-15(20)19(23-3)17(10-12)24-5-2/h9-10,13-14,18H,4-8,11,20H2,1-3H3. The number of piperidine rings is 2. The Hall–Kier alpha value is -1.75. The number of nitrogen functional groups attached to an aromatic ring is 1. The molecule has 5 nitrogen and oxygen atoms in total. The highest BCUT2D eigenvalue weighted by molar-refractivity contribution is 5.84. The monoisotopic (exact) mass is 332 g/mol. The van der Waals surface area contributed by atoms with Crippen LogP contribution in [0.25, 0.3) is 0 Å². The molecule has 2 bridgehead atoms. The minimum Gasteiger partial charge on any atom is -0.491 e. The Balaban J connectivity index is 2.03. The first-order chi connectivity index (χ1) is 11.6. The zero-order valence-corrected chi connectivity index (χ0v) is 14.9. The summed E-state index contributed by atoms with van der Waals surface area (Å²) in [6.45, 7) is 5.69. The Morgan fingerprint density at radius 1 is 1.29 bits per heavy atom. The fourth-order valence-electron chi connectivity index (χ4n) is 4.40. The quantitative estimate of drug-likeness (QED) is 0.811. The molecule has 1 aromatic rings. The van der Waals surface area contributed by atoms with Crippen molar-refractivity contribution in [3.8, 4) is 11.5 Å². The van der Waals surface area contributed by atoms with Crippen LogP contribution < -0.4 is 15.2 Å². The van der Waals surface area contributed by atoms with Crippen LogP contribution in [0.1, 0.15) is 51.1 Å². The largest absolute Gasteiger partial charge is 0.491 e. The fraction of sp³-hybridized carbons (Fsp3) is 0.632. The van der Waals surface area contributed by atoms with E-state index in [1.54, 1.807) is 7.11 Å². The number of methoxy groups -OCH3 is 1. The third-order valence-corrected chi connectivity index (χ3v) is 5.30. The second-order valence-electron chi connectivity index (χ2n) is 6.77. The molecule has 3 atom stereocenters. The average Bonchev–Trinajstić information content (AvgIpc) is 2.56. The Morgan fingerprint density at radius 3 is 2.71 bits per heavy atom. The molecule has 1 aromatic carbocycles. The molecule has 2 aliphatic heterocycles. The molecule has 0 amide bonds. The number of hydrogen-bond acceptors (Lipinski definition) is 5. The molecule has 132 valence electrons. The van der Waals surface area contributed by atoms with Gasteiger partial charge in [0.15, 0.2) is 11.5 Å². The van der Waals surface area contributed by atoms with Crippen molar-refractivity contribution in [2.24, 2.45) is 5.92 Å². The molecule has 0 spiro atoms. The lowest BCUT2D eigenvalue weighted by Gasteiger charge is -2.50. The maximum absolute atomic E-state index is 12.5. The van der Waals surface area contributed by atoms with Gasteiger partial charge in [-0.05, 0) is 50.4 Å². The van der Waals surface area contributed by atoms with Crippen molar-refractivity contribution in [1.82, 2.24) is 4.90 Å². The smallest absolute Gasteiger partial charge is 0.183 e. The number of hydrogen-bond donors (Lipinski definition) is 1. The summed E-state index contributed by atoms with van der Waals surface area (Å²) in [5, 5.41) is 0. The number of carbonyl (C=O) groups excluding carboxylic acids is 1. The summed E-state index contributed by atoms with van der Waals surface area (Å²) in [6, 6.07) is 4.45. The van der Waals surface area contributed by atoms with E-state index in [2.05, 4.69) is 11.8 Å². The van der Waals surface area contributed by atoms with E-state index < -0.39 is 0 Å². The highest BCUT2D eigenvalue weighted by atomic mass is 16.5. The van der Waals surface area contributed by atoms with Gasteiger partial charge < -0.3 is 15.2 Å². The van der Waals surface area contributed by atoms with Crippen LogP contribution >= 0.6 is 0 Å². The molecule has 2 heterocycles. The Bertz CT molecular complexity index is 617. The highest BCUT2D eigenvalue weighted by Gasteiger charge is 2.46. The lowest BCUT2D eigenvalue weighted by Crippen LogP contribution is -2.54. The third-order valence-electron chi connectivity index (χ3n) is 5.30. The lowest BCUT2D eigenvalue weighted by atomic mass is 9.71. The van der Waals surface area contributed by atoms with Gasteiger partial charge in [-0.25, -0.2) is 0 Å². The molecule has 0 radical (unpaired) electrons. The zero-order valence-electron chi connectivity index (χ0n) is 14.9. The first-order valence-corrected chi connectivity index (χ1v) is 8.99. The SMILES string of the molecule is CCCN1C2CCC(C(=O)C2)C1c1cc(N)c(OC)c(OCC)c1. The number of ether oxygens (including phenoxy) is 2. The molecule has 3 unspecified atom stereocenters. The molecule has 3 aliphatic rings. The first-order valence-electron chi connectivity index (χ1n) is 8.99. The molecule has 1 saturated carbocycles. The number of rotatable bonds is 6. The predicted octanol–water partition coefficient (Wildman–Crippen LogP) is 3.18. The predicted molar refractivity (Wildman–Crippen MR) is 94.4 cm³/mol. The van der Waals surface area contributed by atoms with Gasteiger partial charge in [-0.15, -0.1) is 0 Å². The first kappa shape index (κ1) is 17.1. The zero-order chi connectivity index (χ0) is 17.3. The Kier molecular flexibility index (Phi) is 4.99. The third kappa shape index (κ3) is 2.86. The van der Waals surface area contributed by atoms with Gasteiger partial charge in [0.05, 0.1) is 19.4 Å². The van der Waals surface area contributed by atoms with E-state index >= 15 is 0 Å².